The van der Waals surface area contributed by atoms with Crippen molar-refractivity contribution in [1.82, 2.24) is 15.0 Å². The zero-order chi connectivity index (χ0) is 16.4. The van der Waals surface area contributed by atoms with Gasteiger partial charge >= 0.3 is 0 Å². The van der Waals surface area contributed by atoms with Crippen molar-refractivity contribution in [3.05, 3.63) is 46.9 Å². The van der Waals surface area contributed by atoms with E-state index in [0.29, 0.717) is 21.3 Å². The molecule has 0 unspecified atom stereocenters. The van der Waals surface area contributed by atoms with Crippen LogP contribution in [0.5, 0.6) is 0 Å². The summed E-state index contributed by atoms with van der Waals surface area (Å²) >= 11 is 7.06. The Bertz CT molecular complexity index is 883. The molecule has 2 heterocycles. The third kappa shape index (κ3) is 3.80. The van der Waals surface area contributed by atoms with E-state index in [1.54, 1.807) is 25.1 Å². The molecule has 0 aliphatic carbocycles. The van der Waals surface area contributed by atoms with Crippen LogP contribution in [0.15, 0.2) is 35.6 Å². The smallest absolute Gasteiger partial charge is 0.234 e. The van der Waals surface area contributed by atoms with Crippen LogP contribution < -0.4 is 5.32 Å². The predicted octanol–water partition coefficient (Wildman–Crippen LogP) is 3.79. The number of anilines is 1. The third-order valence-corrected chi connectivity index (χ3v) is 4.10. The highest BCUT2D eigenvalue weighted by Gasteiger charge is 2.10. The molecule has 0 atom stereocenters. The maximum atomic E-state index is 13.7. The molecular formula is C15H12ClFN4OS. The molecule has 118 valence electrons. The number of halogens is 2. The quantitative estimate of drug-likeness (QED) is 0.702. The SMILES string of the molecule is Cc1ccc(NC(=O)CSc2nc3ncc(Cl)cc3[nH]2)c(F)c1. The molecule has 2 aromatic heterocycles. The van der Waals surface area contributed by atoms with Crippen LogP contribution in [0.2, 0.25) is 5.02 Å². The Kier molecular flexibility index (Phi) is 4.49. The van der Waals surface area contributed by atoms with Gasteiger partial charge in [-0.1, -0.05) is 29.4 Å². The first-order chi connectivity index (χ1) is 11.0. The lowest BCUT2D eigenvalue weighted by molar-refractivity contribution is -0.113. The van der Waals surface area contributed by atoms with E-state index in [1.165, 1.54) is 24.0 Å². The maximum Gasteiger partial charge on any atom is 0.234 e. The van der Waals surface area contributed by atoms with E-state index < -0.39 is 5.82 Å². The van der Waals surface area contributed by atoms with Gasteiger partial charge in [-0.25, -0.2) is 14.4 Å². The van der Waals surface area contributed by atoms with Crippen molar-refractivity contribution >= 4 is 46.1 Å². The van der Waals surface area contributed by atoms with E-state index in [1.807, 2.05) is 0 Å². The number of imidazole rings is 1. The minimum Gasteiger partial charge on any atom is -0.331 e. The second kappa shape index (κ2) is 6.55. The van der Waals surface area contributed by atoms with Crippen LogP contribution in [-0.2, 0) is 4.79 Å². The van der Waals surface area contributed by atoms with Crippen LogP contribution in [-0.4, -0.2) is 26.6 Å². The number of nitrogens with one attached hydrogen (secondary N) is 2. The highest BCUT2D eigenvalue weighted by atomic mass is 35.5. The average Bonchev–Trinajstić information content (AvgIpc) is 2.90. The molecule has 0 aliphatic rings. The first-order valence-electron chi connectivity index (χ1n) is 6.71. The van der Waals surface area contributed by atoms with Gasteiger partial charge in [-0.15, -0.1) is 0 Å². The highest BCUT2D eigenvalue weighted by molar-refractivity contribution is 7.99. The summed E-state index contributed by atoms with van der Waals surface area (Å²) in [5.74, 6) is -0.670. The number of rotatable bonds is 4. The van der Waals surface area contributed by atoms with Crippen LogP contribution in [0, 0.1) is 12.7 Å². The van der Waals surface area contributed by atoms with Crippen LogP contribution in [0.1, 0.15) is 5.56 Å². The summed E-state index contributed by atoms with van der Waals surface area (Å²) in [5.41, 5.74) is 2.19. The standard InChI is InChI=1S/C15H12ClFN4OS/c1-8-2-3-11(10(17)4-8)19-13(22)7-23-15-20-12-5-9(16)6-18-14(12)21-15/h2-6H,7H2,1H3,(H,19,22)(H,18,20,21). The van der Waals surface area contributed by atoms with E-state index in [-0.39, 0.29) is 17.3 Å². The number of hydrogen-bond donors (Lipinski definition) is 2. The molecule has 0 radical (unpaired) electrons. The first kappa shape index (κ1) is 15.8. The monoisotopic (exact) mass is 350 g/mol. The Morgan fingerprint density at radius 2 is 2.26 bits per heavy atom. The van der Waals surface area contributed by atoms with Crippen molar-refractivity contribution < 1.29 is 9.18 Å². The minimum atomic E-state index is -0.453. The third-order valence-electron chi connectivity index (χ3n) is 3.02. The molecule has 0 fully saturated rings. The van der Waals surface area contributed by atoms with Crippen molar-refractivity contribution in [2.45, 2.75) is 12.1 Å². The molecule has 8 heteroatoms. The second-order valence-corrected chi connectivity index (χ2v) is 6.29. The van der Waals surface area contributed by atoms with E-state index in [0.717, 1.165) is 5.56 Å². The van der Waals surface area contributed by atoms with Crippen molar-refractivity contribution in [3.8, 4) is 0 Å². The average molecular weight is 351 g/mol. The minimum absolute atomic E-state index is 0.0981. The molecule has 0 bridgehead atoms. The Balaban J connectivity index is 1.63. The number of aryl methyl sites for hydroxylation is 1. The highest BCUT2D eigenvalue weighted by Crippen LogP contribution is 2.21. The number of carbonyl (C=O) groups excluding carboxylic acids is 1. The number of H-pyrrole nitrogens is 1. The number of thioether (sulfide) groups is 1. The van der Waals surface area contributed by atoms with E-state index in [2.05, 4.69) is 20.3 Å². The van der Waals surface area contributed by atoms with E-state index >= 15 is 0 Å². The van der Waals surface area contributed by atoms with Crippen molar-refractivity contribution in [3.63, 3.8) is 0 Å². The maximum absolute atomic E-state index is 13.7. The number of nitrogens with zero attached hydrogens (tertiary/aromatic N) is 2. The summed E-state index contributed by atoms with van der Waals surface area (Å²) in [4.78, 5) is 23.3. The number of pyridine rings is 1. The molecular weight excluding hydrogens is 339 g/mol. The zero-order valence-corrected chi connectivity index (χ0v) is 13.6. The summed E-state index contributed by atoms with van der Waals surface area (Å²) in [5, 5.41) is 3.59. The molecule has 1 aromatic carbocycles. The Labute approximate surface area is 140 Å². The van der Waals surface area contributed by atoms with Crippen LogP contribution >= 0.6 is 23.4 Å². The Hall–Kier alpha value is -2.12. The molecule has 3 rings (SSSR count). The molecule has 5 nitrogen and oxygen atoms in total. The van der Waals surface area contributed by atoms with Gasteiger partial charge in [0.2, 0.25) is 5.91 Å². The molecule has 0 saturated heterocycles. The van der Waals surface area contributed by atoms with Crippen molar-refractivity contribution in [2.24, 2.45) is 0 Å². The fourth-order valence-electron chi connectivity index (χ4n) is 1.96. The molecule has 1 amide bonds. The van der Waals surface area contributed by atoms with Gasteiger partial charge in [-0.05, 0) is 30.7 Å². The molecule has 0 saturated carbocycles. The molecule has 2 N–H and O–H groups in total. The Morgan fingerprint density at radius 1 is 1.43 bits per heavy atom. The van der Waals surface area contributed by atoms with Crippen LogP contribution in [0.3, 0.4) is 0 Å². The van der Waals surface area contributed by atoms with Gasteiger partial charge in [-0.3, -0.25) is 4.79 Å². The van der Waals surface area contributed by atoms with Gasteiger partial charge in [0, 0.05) is 6.20 Å². The number of amides is 1. The summed E-state index contributed by atoms with van der Waals surface area (Å²) in [7, 11) is 0. The normalized spacial score (nSPS) is 10.9. The summed E-state index contributed by atoms with van der Waals surface area (Å²) in [6.07, 6.45) is 1.51. The lowest BCUT2D eigenvalue weighted by atomic mass is 10.2. The number of benzene rings is 1. The molecule has 0 aliphatic heterocycles. The topological polar surface area (TPSA) is 70.7 Å². The summed E-state index contributed by atoms with van der Waals surface area (Å²) in [6.45, 7) is 1.78. The molecule has 0 spiro atoms. The largest absolute Gasteiger partial charge is 0.331 e. The van der Waals surface area contributed by atoms with Crippen molar-refractivity contribution in [2.75, 3.05) is 11.1 Å². The molecule has 23 heavy (non-hydrogen) atoms. The number of fused-ring (bicyclic) bond motifs is 1. The lowest BCUT2D eigenvalue weighted by Gasteiger charge is -2.06. The molecule has 3 aromatic rings. The van der Waals surface area contributed by atoms with Gasteiger partial charge in [0.1, 0.15) is 5.82 Å². The number of carbonyl (C=O) groups is 1. The van der Waals surface area contributed by atoms with E-state index in [9.17, 15) is 9.18 Å². The van der Waals surface area contributed by atoms with Gasteiger partial charge in [0.15, 0.2) is 10.8 Å². The van der Waals surface area contributed by atoms with Gasteiger partial charge < -0.3 is 10.3 Å². The van der Waals surface area contributed by atoms with E-state index in [4.69, 9.17) is 11.6 Å². The van der Waals surface area contributed by atoms with Crippen LogP contribution in [0.25, 0.3) is 11.2 Å². The van der Waals surface area contributed by atoms with Gasteiger partial charge in [0.25, 0.3) is 0 Å². The first-order valence-corrected chi connectivity index (χ1v) is 8.08. The van der Waals surface area contributed by atoms with Gasteiger partial charge in [-0.2, -0.15) is 0 Å². The fraction of sp³-hybridized carbons (Fsp3) is 0.133. The fourth-order valence-corrected chi connectivity index (χ4v) is 2.79. The predicted molar refractivity (Wildman–Crippen MR) is 89.4 cm³/mol. The second-order valence-electron chi connectivity index (χ2n) is 4.89. The summed E-state index contributed by atoms with van der Waals surface area (Å²) in [6, 6.07) is 6.36. The Morgan fingerprint density at radius 3 is 3.04 bits per heavy atom. The zero-order valence-electron chi connectivity index (χ0n) is 12.1. The van der Waals surface area contributed by atoms with Gasteiger partial charge in [0.05, 0.1) is 22.0 Å². The summed E-state index contributed by atoms with van der Waals surface area (Å²) < 4.78 is 13.7. The number of hydrogen-bond acceptors (Lipinski definition) is 4. The van der Waals surface area contributed by atoms with Crippen LogP contribution in [0.4, 0.5) is 10.1 Å². The number of aromatic amines is 1. The number of aromatic nitrogens is 3. The van der Waals surface area contributed by atoms with Crippen molar-refractivity contribution in [1.29, 1.82) is 0 Å². The lowest BCUT2D eigenvalue weighted by Crippen LogP contribution is -2.15.